The number of H-pyrrole nitrogens is 1. The lowest BCUT2D eigenvalue weighted by Gasteiger charge is -2.22. The van der Waals surface area contributed by atoms with Crippen LogP contribution in [0.25, 0.3) is 22.1 Å². The maximum atomic E-state index is 14.5. The highest BCUT2D eigenvalue weighted by molar-refractivity contribution is 5.82. The molecule has 12 heteroatoms. The molecule has 3 aromatic heterocycles. The van der Waals surface area contributed by atoms with Crippen LogP contribution in [0.15, 0.2) is 35.6 Å². The number of imidazole rings is 1. The molecule has 0 aliphatic rings. The van der Waals surface area contributed by atoms with Gasteiger partial charge in [0, 0.05) is 13.0 Å². The molecule has 4 aromatic rings. The van der Waals surface area contributed by atoms with Crippen molar-refractivity contribution in [1.29, 1.82) is 0 Å². The lowest BCUT2D eigenvalue weighted by atomic mass is 10.1. The van der Waals surface area contributed by atoms with Crippen LogP contribution in [0.5, 0.6) is 0 Å². The van der Waals surface area contributed by atoms with E-state index in [-0.39, 0.29) is 17.3 Å². The Morgan fingerprint density at radius 1 is 1.24 bits per heavy atom. The molecule has 4 N–H and O–H groups in total. The van der Waals surface area contributed by atoms with Gasteiger partial charge in [-0.05, 0) is 31.4 Å². The fourth-order valence-electron chi connectivity index (χ4n) is 3.90. The summed E-state index contributed by atoms with van der Waals surface area (Å²) in [6, 6.07) is 3.99. The molecule has 1 atom stereocenters. The Morgan fingerprint density at radius 3 is 2.88 bits per heavy atom. The average Bonchev–Trinajstić information content (AvgIpc) is 3.33. The molecule has 0 spiro atoms. The minimum absolute atomic E-state index is 0.0567. The van der Waals surface area contributed by atoms with Gasteiger partial charge >= 0.3 is 0 Å². The van der Waals surface area contributed by atoms with Gasteiger partial charge in [0.25, 0.3) is 5.56 Å². The molecule has 0 bridgehead atoms. The van der Waals surface area contributed by atoms with Crippen LogP contribution >= 0.6 is 0 Å². The van der Waals surface area contributed by atoms with Gasteiger partial charge in [0.05, 0.1) is 17.9 Å². The van der Waals surface area contributed by atoms with Crippen molar-refractivity contribution < 1.29 is 14.4 Å². The van der Waals surface area contributed by atoms with E-state index < -0.39 is 23.3 Å². The smallest absolute Gasteiger partial charge is 0.264 e. The summed E-state index contributed by atoms with van der Waals surface area (Å²) in [5.74, 6) is -0.0992. The Balaban J connectivity index is 1.69. The van der Waals surface area contributed by atoms with Crippen molar-refractivity contribution in [3.63, 3.8) is 0 Å². The first kappa shape index (κ1) is 23.2. The molecule has 34 heavy (non-hydrogen) atoms. The Labute approximate surface area is 193 Å². The number of hydrogen-bond acceptors (Lipinski definition) is 8. The number of carbonyl (C=O) groups excluding carboxylic acids is 1. The zero-order valence-electron chi connectivity index (χ0n) is 18.6. The monoisotopic (exact) mass is 468 g/mol. The summed E-state index contributed by atoms with van der Waals surface area (Å²) >= 11 is 0. The second-order valence-electron chi connectivity index (χ2n) is 7.83. The number of halogens is 1. The van der Waals surface area contributed by atoms with Gasteiger partial charge in [-0.1, -0.05) is 19.4 Å². The third-order valence-electron chi connectivity index (χ3n) is 5.63. The lowest BCUT2D eigenvalue weighted by molar-refractivity contribution is -0.129. The molecule has 4 rings (SSSR count). The number of hydroxylamine groups is 1. The Kier molecular flexibility index (Phi) is 7.07. The van der Waals surface area contributed by atoms with Crippen molar-refractivity contribution in [1.82, 2.24) is 35.0 Å². The Hall–Kier alpha value is -3.93. The quantitative estimate of drug-likeness (QED) is 0.158. The summed E-state index contributed by atoms with van der Waals surface area (Å²) in [5.41, 5.74) is 2.56. The summed E-state index contributed by atoms with van der Waals surface area (Å²) < 4.78 is 16.0. The van der Waals surface area contributed by atoms with Crippen molar-refractivity contribution in [2.75, 3.05) is 5.32 Å². The maximum Gasteiger partial charge on any atom is 0.264 e. The molecule has 0 unspecified atom stereocenters. The summed E-state index contributed by atoms with van der Waals surface area (Å²) in [4.78, 5) is 44.8. The molecule has 0 aliphatic carbocycles. The van der Waals surface area contributed by atoms with Crippen LogP contribution in [0.2, 0.25) is 0 Å². The van der Waals surface area contributed by atoms with Gasteiger partial charge in [-0.15, -0.1) is 0 Å². The Morgan fingerprint density at radius 2 is 2.09 bits per heavy atom. The second kappa shape index (κ2) is 10.3. The van der Waals surface area contributed by atoms with E-state index in [1.54, 1.807) is 11.5 Å². The third-order valence-corrected chi connectivity index (χ3v) is 5.63. The molecule has 1 aromatic carbocycles. The molecule has 11 nitrogen and oxygen atoms in total. The molecule has 0 radical (unpaired) electrons. The summed E-state index contributed by atoms with van der Waals surface area (Å²) in [6.45, 7) is 2.25. The minimum atomic E-state index is -0.620. The summed E-state index contributed by atoms with van der Waals surface area (Å²) in [5, 5.41) is 11.9. The second-order valence-corrected chi connectivity index (χ2v) is 7.83. The number of hydrogen-bond donors (Lipinski definition) is 4. The van der Waals surface area contributed by atoms with Gasteiger partial charge < -0.3 is 10.3 Å². The first-order valence-electron chi connectivity index (χ1n) is 11.1. The number of unbranched alkanes of at least 4 members (excludes halogenated alkanes) is 2. The third kappa shape index (κ3) is 4.71. The molecule has 0 saturated carbocycles. The van der Waals surface area contributed by atoms with Crippen molar-refractivity contribution in [3.8, 4) is 0 Å². The molecular formula is C22H25FN8O3. The number of aromatic nitrogens is 6. The highest BCUT2D eigenvalue weighted by Gasteiger charge is 2.22. The number of fused-ring (bicyclic) bond motifs is 2. The van der Waals surface area contributed by atoms with Gasteiger partial charge in [-0.2, -0.15) is 0 Å². The van der Waals surface area contributed by atoms with Crippen LogP contribution in [-0.4, -0.2) is 40.6 Å². The molecule has 3 heterocycles. The van der Waals surface area contributed by atoms with Crippen LogP contribution in [0.1, 0.15) is 50.9 Å². The van der Waals surface area contributed by atoms with Crippen molar-refractivity contribution >= 4 is 33.8 Å². The molecule has 178 valence electrons. The van der Waals surface area contributed by atoms with Gasteiger partial charge in [0.1, 0.15) is 28.9 Å². The van der Waals surface area contributed by atoms with Crippen LogP contribution in [-0.2, 0) is 11.3 Å². The number of anilines is 1. The molecule has 0 saturated heterocycles. The number of benzene rings is 1. The number of amides is 1. The summed E-state index contributed by atoms with van der Waals surface area (Å²) in [7, 11) is 0. The van der Waals surface area contributed by atoms with Gasteiger partial charge in [0.2, 0.25) is 5.91 Å². The molecule has 0 aliphatic heterocycles. The van der Waals surface area contributed by atoms with Gasteiger partial charge in [-0.25, -0.2) is 29.8 Å². The summed E-state index contributed by atoms with van der Waals surface area (Å²) in [6.07, 6.45) is 5.42. The van der Waals surface area contributed by atoms with E-state index in [2.05, 4.69) is 30.2 Å². The first-order chi connectivity index (χ1) is 16.5. The Bertz CT molecular complexity index is 1370. The largest absolute Gasteiger partial charge is 0.358 e. The van der Waals surface area contributed by atoms with E-state index in [0.29, 0.717) is 55.0 Å². The molecular weight excluding hydrogens is 443 g/mol. The van der Waals surface area contributed by atoms with Gasteiger partial charge in [0.15, 0.2) is 11.5 Å². The van der Waals surface area contributed by atoms with E-state index in [4.69, 9.17) is 5.21 Å². The average molecular weight is 468 g/mol. The van der Waals surface area contributed by atoms with Crippen LogP contribution in [0, 0.1) is 5.82 Å². The number of nitrogens with one attached hydrogen (secondary N) is 3. The SMILES string of the molecule is CC[C@H](Nc1ncnc2nc[nH]c12)c1nc2cccc(F)c2c(=O)n1CCCCCC(=O)NO. The van der Waals surface area contributed by atoms with Crippen LogP contribution < -0.4 is 16.4 Å². The van der Waals surface area contributed by atoms with Gasteiger partial charge in [-0.3, -0.25) is 19.4 Å². The van der Waals surface area contributed by atoms with Crippen LogP contribution in [0.4, 0.5) is 10.2 Å². The number of rotatable bonds is 10. The fraction of sp³-hybridized carbons (Fsp3) is 0.364. The van der Waals surface area contributed by atoms with Crippen molar-refractivity contribution in [3.05, 3.63) is 52.8 Å². The minimum Gasteiger partial charge on any atom is -0.358 e. The number of nitrogens with zero attached hydrogens (tertiary/aromatic N) is 5. The van der Waals surface area contributed by atoms with E-state index in [1.165, 1.54) is 29.4 Å². The predicted molar refractivity (Wildman–Crippen MR) is 123 cm³/mol. The van der Waals surface area contributed by atoms with Crippen molar-refractivity contribution in [2.24, 2.45) is 0 Å². The van der Waals surface area contributed by atoms with Crippen molar-refractivity contribution in [2.45, 2.75) is 51.6 Å². The maximum absolute atomic E-state index is 14.5. The fourth-order valence-corrected chi connectivity index (χ4v) is 3.90. The van der Waals surface area contributed by atoms with E-state index in [1.807, 2.05) is 6.92 Å². The van der Waals surface area contributed by atoms with E-state index >= 15 is 0 Å². The normalized spacial score (nSPS) is 12.2. The molecule has 1 amide bonds. The highest BCUT2D eigenvalue weighted by Crippen LogP contribution is 2.25. The topological polar surface area (TPSA) is 151 Å². The number of carbonyl (C=O) groups is 1. The van der Waals surface area contributed by atoms with Crippen LogP contribution in [0.3, 0.4) is 0 Å². The first-order valence-corrected chi connectivity index (χ1v) is 11.1. The van der Waals surface area contributed by atoms with E-state index in [9.17, 15) is 14.0 Å². The molecule has 0 fully saturated rings. The zero-order chi connectivity index (χ0) is 24.1. The lowest BCUT2D eigenvalue weighted by Crippen LogP contribution is -2.30. The standard InChI is InChI=1S/C22H25FN8O3/c1-2-14(28-20-18-19(25-11-24-18)26-12-27-20)21-29-15-8-6-7-13(23)17(15)22(33)31(21)10-5-3-4-9-16(32)30-34/h6-8,11-12,14,34H,2-5,9-10H2,1H3,(H,30,32)(H2,24,25,26,27,28)/t14-/m0/s1. The number of aromatic amines is 1. The highest BCUT2D eigenvalue weighted by atomic mass is 19.1. The van der Waals surface area contributed by atoms with E-state index in [0.717, 1.165) is 0 Å². The predicted octanol–water partition coefficient (Wildman–Crippen LogP) is 2.83. The zero-order valence-corrected chi connectivity index (χ0v) is 18.6.